The Kier molecular flexibility index (Phi) is 4.90. The number of nitrogens with zero attached hydrogens (tertiary/aromatic N) is 1. The van der Waals surface area contributed by atoms with Gasteiger partial charge in [-0.05, 0) is 60.7 Å². The lowest BCUT2D eigenvalue weighted by atomic mass is 9.93. The van der Waals surface area contributed by atoms with Crippen LogP contribution in [0.2, 0.25) is 0 Å². The zero-order valence-electron chi connectivity index (χ0n) is 10.2. The van der Waals surface area contributed by atoms with Crippen LogP contribution in [0.3, 0.4) is 0 Å². The van der Waals surface area contributed by atoms with Crippen LogP contribution in [0.1, 0.15) is 23.5 Å². The van der Waals surface area contributed by atoms with E-state index in [9.17, 15) is 0 Å². The second-order valence-electron chi connectivity index (χ2n) is 4.38. The number of nitrogens with two attached hydrogens (primary N) is 1. The summed E-state index contributed by atoms with van der Waals surface area (Å²) in [5, 5.41) is 0. The standard InChI is InChI=1S/C15H17BrN2/c16-15-3-1-2-13(10-15)14(11-17)5-4-12-6-8-18-9-7-12/h1-3,6-10,14H,4-5,11,17H2. The lowest BCUT2D eigenvalue weighted by molar-refractivity contribution is 0.633. The van der Waals surface area contributed by atoms with Crippen LogP contribution in [0.4, 0.5) is 0 Å². The van der Waals surface area contributed by atoms with E-state index in [-0.39, 0.29) is 0 Å². The molecule has 0 radical (unpaired) electrons. The molecule has 0 amide bonds. The van der Waals surface area contributed by atoms with Crippen molar-refractivity contribution in [1.29, 1.82) is 0 Å². The molecule has 0 bridgehead atoms. The van der Waals surface area contributed by atoms with E-state index in [1.807, 2.05) is 18.5 Å². The minimum absolute atomic E-state index is 0.413. The molecule has 2 aromatic rings. The first kappa shape index (κ1) is 13.2. The van der Waals surface area contributed by atoms with Crippen molar-refractivity contribution >= 4 is 15.9 Å². The predicted molar refractivity (Wildman–Crippen MR) is 78.5 cm³/mol. The topological polar surface area (TPSA) is 38.9 Å². The van der Waals surface area contributed by atoms with Gasteiger partial charge >= 0.3 is 0 Å². The van der Waals surface area contributed by atoms with E-state index in [1.165, 1.54) is 11.1 Å². The zero-order valence-corrected chi connectivity index (χ0v) is 11.8. The fraction of sp³-hybridized carbons (Fsp3) is 0.267. The van der Waals surface area contributed by atoms with Crippen molar-refractivity contribution in [2.75, 3.05) is 6.54 Å². The van der Waals surface area contributed by atoms with E-state index >= 15 is 0 Å². The highest BCUT2D eigenvalue weighted by atomic mass is 79.9. The molecule has 1 aromatic carbocycles. The number of rotatable bonds is 5. The molecule has 1 aromatic heterocycles. The van der Waals surface area contributed by atoms with E-state index in [4.69, 9.17) is 5.73 Å². The van der Waals surface area contributed by atoms with Gasteiger partial charge in [0, 0.05) is 16.9 Å². The molecular weight excluding hydrogens is 288 g/mol. The van der Waals surface area contributed by atoms with Crippen LogP contribution in [0, 0.1) is 0 Å². The molecule has 94 valence electrons. The summed E-state index contributed by atoms with van der Waals surface area (Å²) >= 11 is 3.51. The van der Waals surface area contributed by atoms with Crippen molar-refractivity contribution in [3.63, 3.8) is 0 Å². The average Bonchev–Trinajstić information content (AvgIpc) is 2.41. The predicted octanol–water partition coefficient (Wildman–Crippen LogP) is 3.52. The molecular formula is C15H17BrN2. The van der Waals surface area contributed by atoms with Crippen LogP contribution < -0.4 is 5.73 Å². The summed E-state index contributed by atoms with van der Waals surface area (Å²) in [4.78, 5) is 4.03. The molecule has 1 heterocycles. The molecule has 0 saturated heterocycles. The SMILES string of the molecule is NCC(CCc1ccncc1)c1cccc(Br)c1. The largest absolute Gasteiger partial charge is 0.330 e. The maximum atomic E-state index is 5.89. The molecule has 18 heavy (non-hydrogen) atoms. The molecule has 2 rings (SSSR count). The third kappa shape index (κ3) is 3.65. The third-order valence-electron chi connectivity index (χ3n) is 3.14. The Hall–Kier alpha value is -1.19. The van der Waals surface area contributed by atoms with Gasteiger partial charge in [-0.1, -0.05) is 28.1 Å². The van der Waals surface area contributed by atoms with Gasteiger partial charge in [-0.25, -0.2) is 0 Å². The molecule has 0 aliphatic carbocycles. The van der Waals surface area contributed by atoms with E-state index in [0.29, 0.717) is 12.5 Å². The van der Waals surface area contributed by atoms with Crippen molar-refractivity contribution in [2.24, 2.45) is 5.73 Å². The maximum Gasteiger partial charge on any atom is 0.0270 e. The normalized spacial score (nSPS) is 12.3. The first-order valence-electron chi connectivity index (χ1n) is 6.14. The minimum Gasteiger partial charge on any atom is -0.330 e. The molecule has 1 atom stereocenters. The van der Waals surface area contributed by atoms with Crippen LogP contribution in [0.5, 0.6) is 0 Å². The Morgan fingerprint density at radius 3 is 2.61 bits per heavy atom. The summed E-state index contributed by atoms with van der Waals surface area (Å²) in [5.74, 6) is 0.413. The maximum absolute atomic E-state index is 5.89. The summed E-state index contributed by atoms with van der Waals surface area (Å²) in [6, 6.07) is 12.5. The summed E-state index contributed by atoms with van der Waals surface area (Å²) in [6.07, 6.45) is 5.78. The van der Waals surface area contributed by atoms with Crippen LogP contribution in [-0.2, 0) is 6.42 Å². The highest BCUT2D eigenvalue weighted by Crippen LogP contribution is 2.23. The van der Waals surface area contributed by atoms with Gasteiger partial charge in [0.15, 0.2) is 0 Å². The van der Waals surface area contributed by atoms with Crippen molar-refractivity contribution in [1.82, 2.24) is 4.98 Å². The Bertz CT molecular complexity index is 485. The van der Waals surface area contributed by atoms with Gasteiger partial charge in [-0.2, -0.15) is 0 Å². The number of benzene rings is 1. The molecule has 0 saturated carbocycles. The Balaban J connectivity index is 2.02. The first-order chi connectivity index (χ1) is 8.79. The van der Waals surface area contributed by atoms with Crippen LogP contribution in [0.25, 0.3) is 0 Å². The van der Waals surface area contributed by atoms with Crippen LogP contribution in [-0.4, -0.2) is 11.5 Å². The summed E-state index contributed by atoms with van der Waals surface area (Å²) in [5.41, 5.74) is 8.52. The van der Waals surface area contributed by atoms with E-state index in [0.717, 1.165) is 17.3 Å². The fourth-order valence-electron chi connectivity index (χ4n) is 2.07. The van der Waals surface area contributed by atoms with Gasteiger partial charge in [-0.15, -0.1) is 0 Å². The van der Waals surface area contributed by atoms with Gasteiger partial charge in [0.25, 0.3) is 0 Å². The summed E-state index contributed by atoms with van der Waals surface area (Å²) in [7, 11) is 0. The van der Waals surface area contributed by atoms with Gasteiger partial charge < -0.3 is 5.73 Å². The molecule has 3 heteroatoms. The van der Waals surface area contributed by atoms with Gasteiger partial charge in [0.1, 0.15) is 0 Å². The second-order valence-corrected chi connectivity index (χ2v) is 5.30. The molecule has 2 N–H and O–H groups in total. The number of pyridine rings is 1. The zero-order chi connectivity index (χ0) is 12.8. The molecule has 0 aliphatic rings. The lowest BCUT2D eigenvalue weighted by Crippen LogP contribution is -2.13. The monoisotopic (exact) mass is 304 g/mol. The molecule has 0 spiro atoms. The quantitative estimate of drug-likeness (QED) is 0.918. The molecule has 0 aliphatic heterocycles. The summed E-state index contributed by atoms with van der Waals surface area (Å²) in [6.45, 7) is 0.682. The average molecular weight is 305 g/mol. The number of aryl methyl sites for hydroxylation is 1. The molecule has 2 nitrogen and oxygen atoms in total. The van der Waals surface area contributed by atoms with Crippen LogP contribution in [0.15, 0.2) is 53.3 Å². The van der Waals surface area contributed by atoms with E-state index in [1.54, 1.807) is 0 Å². The summed E-state index contributed by atoms with van der Waals surface area (Å²) < 4.78 is 1.11. The van der Waals surface area contributed by atoms with E-state index < -0.39 is 0 Å². The first-order valence-corrected chi connectivity index (χ1v) is 6.93. The van der Waals surface area contributed by atoms with Crippen LogP contribution >= 0.6 is 15.9 Å². The van der Waals surface area contributed by atoms with Crippen molar-refractivity contribution < 1.29 is 0 Å². The second kappa shape index (κ2) is 6.66. The third-order valence-corrected chi connectivity index (χ3v) is 3.63. The lowest BCUT2D eigenvalue weighted by Gasteiger charge is -2.15. The highest BCUT2D eigenvalue weighted by Gasteiger charge is 2.10. The van der Waals surface area contributed by atoms with Gasteiger partial charge in [0.05, 0.1) is 0 Å². The number of aromatic nitrogens is 1. The molecule has 0 fully saturated rings. The highest BCUT2D eigenvalue weighted by molar-refractivity contribution is 9.10. The number of halogens is 1. The number of hydrogen-bond donors (Lipinski definition) is 1. The van der Waals surface area contributed by atoms with Crippen molar-refractivity contribution in [2.45, 2.75) is 18.8 Å². The molecule has 1 unspecified atom stereocenters. The van der Waals surface area contributed by atoms with Gasteiger partial charge in [0.2, 0.25) is 0 Å². The van der Waals surface area contributed by atoms with Crippen molar-refractivity contribution in [3.05, 3.63) is 64.4 Å². The number of hydrogen-bond acceptors (Lipinski definition) is 2. The van der Waals surface area contributed by atoms with Gasteiger partial charge in [-0.3, -0.25) is 4.98 Å². The Labute approximate surface area is 116 Å². The Morgan fingerprint density at radius 1 is 1.17 bits per heavy atom. The van der Waals surface area contributed by atoms with E-state index in [2.05, 4.69) is 51.2 Å². The Morgan fingerprint density at radius 2 is 1.94 bits per heavy atom. The smallest absolute Gasteiger partial charge is 0.0270 e. The minimum atomic E-state index is 0.413. The van der Waals surface area contributed by atoms with Crippen molar-refractivity contribution in [3.8, 4) is 0 Å². The fourth-order valence-corrected chi connectivity index (χ4v) is 2.49.